The van der Waals surface area contributed by atoms with Crippen LogP contribution in [0.15, 0.2) is 82.2 Å². The Morgan fingerprint density at radius 2 is 1.67 bits per heavy atom. The minimum Gasteiger partial charge on any atom is -0.490 e. The number of esters is 1. The second-order valence-electron chi connectivity index (χ2n) is 9.55. The number of ether oxygens (including phenoxy) is 4. The molecule has 14 nitrogen and oxygen atoms in total. The van der Waals surface area contributed by atoms with Gasteiger partial charge >= 0.3 is 11.7 Å². The number of carbonyl (C=O) groups excluding carboxylic acids is 1. The molecule has 0 unspecified atom stereocenters. The maximum Gasteiger partial charge on any atom is 0.337 e. The Hall–Kier alpha value is -5.83. The Bertz CT molecular complexity index is 2070. The quantitative estimate of drug-likeness (QED) is 0.129. The number of para-hydroxylation sites is 1. The Morgan fingerprint density at radius 3 is 2.37 bits per heavy atom. The maximum absolute atomic E-state index is 14.0. The lowest BCUT2D eigenvalue weighted by molar-refractivity contribution is -0.394. The van der Waals surface area contributed by atoms with Crippen LogP contribution in [0.2, 0.25) is 0 Å². The normalized spacial score (nSPS) is 14.0. The van der Waals surface area contributed by atoms with Crippen molar-refractivity contribution in [1.29, 1.82) is 0 Å². The summed E-state index contributed by atoms with van der Waals surface area (Å²) in [5.74, 6) is 0.218. The lowest BCUT2D eigenvalue weighted by Crippen LogP contribution is -2.39. The number of thiazole rings is 1. The standard InChI is InChI=1S/C31H26N4O10S/c1-4-43-25-12-10-19(14-26(25)44-5-2)28-21(30(37)42-3)17-32-31-33(28)29(36)27(46-31)15-18-8-6-7-9-23(18)45-24-13-11-20(34(38)39)16-22(24)35(40)41/h6-17,28H,4-5H2,1-3H3/b27-15-/t28-/m1/s1. The summed E-state index contributed by atoms with van der Waals surface area (Å²) in [5, 5.41) is 22.8. The van der Waals surface area contributed by atoms with Crippen LogP contribution in [0, 0.1) is 20.2 Å². The predicted molar refractivity (Wildman–Crippen MR) is 166 cm³/mol. The molecule has 5 rings (SSSR count). The molecule has 0 N–H and O–H groups in total. The number of nitro benzene ring substituents is 2. The fourth-order valence-corrected chi connectivity index (χ4v) is 5.75. The summed E-state index contributed by atoms with van der Waals surface area (Å²) in [6.45, 7) is 4.43. The third-order valence-corrected chi connectivity index (χ3v) is 7.78. The fraction of sp³-hybridized carbons (Fsp3) is 0.194. The highest BCUT2D eigenvalue weighted by Crippen LogP contribution is 2.37. The number of non-ortho nitro benzene ring substituents is 1. The number of hydrogen-bond acceptors (Lipinski definition) is 12. The van der Waals surface area contributed by atoms with Crippen molar-refractivity contribution < 1.29 is 33.6 Å². The second-order valence-corrected chi connectivity index (χ2v) is 10.6. The van der Waals surface area contributed by atoms with Crippen LogP contribution < -0.4 is 29.1 Å². The van der Waals surface area contributed by atoms with E-state index < -0.39 is 38.8 Å². The molecule has 0 fully saturated rings. The number of aromatic nitrogens is 1. The zero-order chi connectivity index (χ0) is 33.0. The van der Waals surface area contributed by atoms with Gasteiger partial charge in [0.25, 0.3) is 11.2 Å². The van der Waals surface area contributed by atoms with Crippen molar-refractivity contribution in [2.45, 2.75) is 19.9 Å². The van der Waals surface area contributed by atoms with Crippen molar-refractivity contribution in [3.8, 4) is 23.0 Å². The van der Waals surface area contributed by atoms with Gasteiger partial charge in [-0.2, -0.15) is 0 Å². The van der Waals surface area contributed by atoms with Gasteiger partial charge < -0.3 is 18.9 Å². The highest BCUT2D eigenvalue weighted by atomic mass is 32.1. The first-order valence-electron chi connectivity index (χ1n) is 13.8. The number of nitro groups is 2. The Morgan fingerprint density at radius 1 is 0.957 bits per heavy atom. The van der Waals surface area contributed by atoms with Gasteiger partial charge in [-0.1, -0.05) is 35.6 Å². The third-order valence-electron chi connectivity index (χ3n) is 6.78. The second kappa shape index (κ2) is 13.4. The predicted octanol–water partition coefficient (Wildman–Crippen LogP) is 4.42. The van der Waals surface area contributed by atoms with Gasteiger partial charge in [-0.15, -0.1) is 0 Å². The lowest BCUT2D eigenvalue weighted by atomic mass is 9.97. The lowest BCUT2D eigenvalue weighted by Gasteiger charge is -2.23. The molecule has 1 aromatic heterocycles. The summed E-state index contributed by atoms with van der Waals surface area (Å²) < 4.78 is 23.9. The molecule has 1 aliphatic heterocycles. The van der Waals surface area contributed by atoms with E-state index in [2.05, 4.69) is 4.99 Å². The average molecular weight is 647 g/mol. The van der Waals surface area contributed by atoms with Crippen LogP contribution in [0.1, 0.15) is 31.0 Å². The van der Waals surface area contributed by atoms with Crippen molar-refractivity contribution in [1.82, 2.24) is 4.57 Å². The van der Waals surface area contributed by atoms with E-state index in [-0.39, 0.29) is 21.6 Å². The fourth-order valence-electron chi connectivity index (χ4n) is 4.79. The minimum absolute atomic E-state index is 0.127. The number of nitrogens with zero attached hydrogens (tertiary/aromatic N) is 4. The number of hydrogen-bond donors (Lipinski definition) is 0. The van der Waals surface area contributed by atoms with Crippen LogP contribution >= 0.6 is 11.3 Å². The third kappa shape index (κ3) is 6.21. The zero-order valence-electron chi connectivity index (χ0n) is 24.7. The number of benzene rings is 3. The van der Waals surface area contributed by atoms with Crippen LogP contribution in [0.4, 0.5) is 11.4 Å². The van der Waals surface area contributed by atoms with Crippen LogP contribution in [0.25, 0.3) is 6.08 Å². The molecule has 0 spiro atoms. The topological polar surface area (TPSA) is 175 Å². The van der Waals surface area contributed by atoms with Gasteiger partial charge in [0.2, 0.25) is 5.75 Å². The van der Waals surface area contributed by atoms with Gasteiger partial charge in [-0.25, -0.2) is 9.79 Å². The molecule has 2 heterocycles. The number of carbonyl (C=O) groups is 1. The van der Waals surface area contributed by atoms with E-state index in [0.717, 1.165) is 29.5 Å². The van der Waals surface area contributed by atoms with E-state index in [1.807, 2.05) is 13.8 Å². The molecule has 15 heteroatoms. The Kier molecular flexibility index (Phi) is 9.23. The van der Waals surface area contributed by atoms with E-state index in [1.165, 1.54) is 17.9 Å². The summed E-state index contributed by atoms with van der Waals surface area (Å²) in [4.78, 5) is 52.9. The van der Waals surface area contributed by atoms with E-state index in [1.54, 1.807) is 48.5 Å². The molecule has 46 heavy (non-hydrogen) atoms. The maximum atomic E-state index is 14.0. The Labute approximate surface area is 264 Å². The first kappa shape index (κ1) is 31.6. The van der Waals surface area contributed by atoms with Crippen LogP contribution in [-0.2, 0) is 9.53 Å². The largest absolute Gasteiger partial charge is 0.490 e. The molecule has 236 valence electrons. The van der Waals surface area contributed by atoms with Gasteiger partial charge in [-0.05, 0) is 49.8 Å². The van der Waals surface area contributed by atoms with E-state index in [0.29, 0.717) is 40.6 Å². The van der Waals surface area contributed by atoms with Gasteiger partial charge in [0.05, 0.1) is 52.4 Å². The molecule has 0 bridgehead atoms. The summed E-state index contributed by atoms with van der Waals surface area (Å²) in [7, 11) is 1.24. The molecule has 3 aromatic carbocycles. The van der Waals surface area contributed by atoms with E-state index in [9.17, 15) is 29.8 Å². The van der Waals surface area contributed by atoms with Crippen molar-refractivity contribution in [3.63, 3.8) is 0 Å². The first-order valence-corrected chi connectivity index (χ1v) is 14.7. The van der Waals surface area contributed by atoms with Crippen LogP contribution in [-0.4, -0.2) is 40.7 Å². The molecular formula is C31H26N4O10S. The zero-order valence-corrected chi connectivity index (χ0v) is 25.5. The van der Waals surface area contributed by atoms with E-state index >= 15 is 0 Å². The van der Waals surface area contributed by atoms with Gasteiger partial charge in [0.15, 0.2) is 16.3 Å². The Balaban J connectivity index is 1.62. The number of fused-ring (bicyclic) bond motifs is 1. The van der Waals surface area contributed by atoms with Gasteiger partial charge in [-0.3, -0.25) is 29.6 Å². The average Bonchev–Trinajstić information content (AvgIpc) is 3.36. The van der Waals surface area contributed by atoms with Crippen LogP contribution in [0.3, 0.4) is 0 Å². The molecular weight excluding hydrogens is 620 g/mol. The highest BCUT2D eigenvalue weighted by molar-refractivity contribution is 7.07. The first-order chi connectivity index (χ1) is 22.2. The highest BCUT2D eigenvalue weighted by Gasteiger charge is 2.31. The summed E-state index contributed by atoms with van der Waals surface area (Å²) in [6, 6.07) is 13.8. The SMILES string of the molecule is CCOc1ccc([C@@H]2C(C(=O)OC)=CN=c3s/c(=C\c4ccccc4Oc4ccc([N+](=O)[O-])cc4[N+](=O)[O-])c(=O)n32)cc1OCC. The van der Waals surface area contributed by atoms with Crippen LogP contribution in [0.5, 0.6) is 23.0 Å². The molecule has 0 saturated carbocycles. The van der Waals surface area contributed by atoms with Gasteiger partial charge in [0.1, 0.15) is 5.75 Å². The molecule has 0 amide bonds. The van der Waals surface area contributed by atoms with Crippen molar-refractivity contribution >= 4 is 34.8 Å². The molecule has 0 radical (unpaired) electrons. The summed E-state index contributed by atoms with van der Waals surface area (Å²) in [6.07, 6.45) is 2.91. The molecule has 1 atom stereocenters. The smallest absolute Gasteiger partial charge is 0.337 e. The van der Waals surface area contributed by atoms with Crippen molar-refractivity contribution in [2.75, 3.05) is 20.3 Å². The van der Waals surface area contributed by atoms with Crippen molar-refractivity contribution in [2.24, 2.45) is 4.99 Å². The summed E-state index contributed by atoms with van der Waals surface area (Å²) >= 11 is 1.07. The number of rotatable bonds is 11. The molecule has 0 aliphatic carbocycles. The molecule has 0 saturated heterocycles. The summed E-state index contributed by atoms with van der Waals surface area (Å²) in [5.41, 5.74) is -0.451. The van der Waals surface area contributed by atoms with E-state index in [4.69, 9.17) is 18.9 Å². The van der Waals surface area contributed by atoms with Gasteiger partial charge in [0, 0.05) is 17.8 Å². The van der Waals surface area contributed by atoms with Crippen molar-refractivity contribution in [3.05, 3.63) is 123 Å². The molecule has 4 aromatic rings. The monoisotopic (exact) mass is 646 g/mol. The minimum atomic E-state index is -0.907. The molecule has 1 aliphatic rings. The number of methoxy groups -OCH3 is 1.